The van der Waals surface area contributed by atoms with E-state index in [0.717, 1.165) is 11.3 Å². The summed E-state index contributed by atoms with van der Waals surface area (Å²) in [6.07, 6.45) is 0. The number of carbonyl (C=O) groups excluding carboxylic acids is 1. The molecule has 1 atom stereocenters. The fraction of sp³-hybridized carbons (Fsp3) is 0.278. The number of amides is 2. The minimum Gasteiger partial charge on any atom is -0.493 e. The molecule has 1 aliphatic heterocycles. The Hall–Kier alpha value is -2.41. The van der Waals surface area contributed by atoms with Crippen LogP contribution in [0.1, 0.15) is 10.9 Å². The highest BCUT2D eigenvalue weighted by atomic mass is 32.2. The summed E-state index contributed by atoms with van der Waals surface area (Å²) in [7, 11) is 3.17. The van der Waals surface area contributed by atoms with Crippen molar-refractivity contribution in [3.05, 3.63) is 53.8 Å². The molecule has 3 rings (SSSR count). The van der Waals surface area contributed by atoms with Crippen LogP contribution in [0, 0.1) is 5.82 Å². The maximum absolute atomic E-state index is 13.3. The van der Waals surface area contributed by atoms with Gasteiger partial charge in [-0.2, -0.15) is 0 Å². The molecule has 1 heterocycles. The maximum Gasteiger partial charge on any atom is 0.323 e. The first-order valence-corrected chi connectivity index (χ1v) is 8.84. The van der Waals surface area contributed by atoms with Crippen molar-refractivity contribution in [2.75, 3.05) is 31.8 Å². The van der Waals surface area contributed by atoms with E-state index >= 15 is 0 Å². The Bertz CT molecular complexity index is 772. The van der Waals surface area contributed by atoms with E-state index in [4.69, 9.17) is 9.47 Å². The smallest absolute Gasteiger partial charge is 0.323 e. The van der Waals surface area contributed by atoms with Gasteiger partial charge in [-0.05, 0) is 35.9 Å². The summed E-state index contributed by atoms with van der Waals surface area (Å²) in [6, 6.07) is 11.2. The van der Waals surface area contributed by atoms with Gasteiger partial charge in [-0.3, -0.25) is 0 Å². The lowest BCUT2D eigenvalue weighted by molar-refractivity contribution is 0.214. The summed E-state index contributed by atoms with van der Waals surface area (Å²) >= 11 is 1.67. The molecule has 0 radical (unpaired) electrons. The van der Waals surface area contributed by atoms with Gasteiger partial charge < -0.3 is 19.7 Å². The number of hydrogen-bond acceptors (Lipinski definition) is 4. The minimum absolute atomic E-state index is 0.131. The molecule has 1 fully saturated rings. The lowest BCUT2D eigenvalue weighted by atomic mass is 10.2. The molecule has 132 valence electrons. The summed E-state index contributed by atoms with van der Waals surface area (Å²) in [6.45, 7) is 0.616. The molecular weight excluding hydrogens is 343 g/mol. The van der Waals surface area contributed by atoms with E-state index in [1.54, 1.807) is 43.0 Å². The van der Waals surface area contributed by atoms with Crippen LogP contribution in [0.3, 0.4) is 0 Å². The molecule has 2 aromatic rings. The Balaban J connectivity index is 1.79. The van der Waals surface area contributed by atoms with Crippen LogP contribution in [-0.4, -0.2) is 37.4 Å². The van der Waals surface area contributed by atoms with Crippen molar-refractivity contribution >= 4 is 23.5 Å². The number of ether oxygens (including phenoxy) is 2. The fourth-order valence-corrected chi connectivity index (χ4v) is 3.97. The maximum atomic E-state index is 13.3. The molecule has 0 spiro atoms. The lowest BCUT2D eigenvalue weighted by Crippen LogP contribution is -2.34. The molecule has 7 heteroatoms. The highest BCUT2D eigenvalue weighted by Crippen LogP contribution is 2.41. The van der Waals surface area contributed by atoms with E-state index in [0.29, 0.717) is 23.7 Å². The third-order valence-corrected chi connectivity index (χ3v) is 5.18. The standard InChI is InChI=1S/C18H19FN2O3S/c1-23-15-7-6-12(10-16(15)24-2)17-21(8-9-25-17)18(22)20-14-5-3-4-13(19)11-14/h3-7,10-11,17H,8-9H2,1-2H3,(H,20,22). The van der Waals surface area contributed by atoms with E-state index < -0.39 is 0 Å². The van der Waals surface area contributed by atoms with Crippen molar-refractivity contribution in [2.24, 2.45) is 0 Å². The fourth-order valence-electron chi connectivity index (χ4n) is 2.72. The third-order valence-electron chi connectivity index (χ3n) is 3.92. The van der Waals surface area contributed by atoms with Crippen molar-refractivity contribution in [3.63, 3.8) is 0 Å². The van der Waals surface area contributed by atoms with Crippen LogP contribution in [0.5, 0.6) is 11.5 Å². The number of urea groups is 1. The predicted octanol–water partition coefficient (Wildman–Crippen LogP) is 4.12. The highest BCUT2D eigenvalue weighted by Gasteiger charge is 2.31. The summed E-state index contributed by atoms with van der Waals surface area (Å²) in [4.78, 5) is 14.3. The van der Waals surface area contributed by atoms with E-state index in [9.17, 15) is 9.18 Å². The van der Waals surface area contributed by atoms with Gasteiger partial charge in [-0.1, -0.05) is 12.1 Å². The molecule has 2 amide bonds. The molecule has 0 bridgehead atoms. The topological polar surface area (TPSA) is 50.8 Å². The molecule has 1 N–H and O–H groups in total. The second-order valence-electron chi connectivity index (χ2n) is 5.47. The molecule has 1 saturated heterocycles. The Kier molecular flexibility index (Phi) is 5.33. The molecule has 0 saturated carbocycles. The summed E-state index contributed by atoms with van der Waals surface area (Å²) in [5, 5.41) is 2.62. The van der Waals surface area contributed by atoms with Gasteiger partial charge >= 0.3 is 6.03 Å². The Morgan fingerprint density at radius 2 is 2.00 bits per heavy atom. The van der Waals surface area contributed by atoms with Crippen LogP contribution in [0.4, 0.5) is 14.9 Å². The van der Waals surface area contributed by atoms with Gasteiger partial charge in [0.2, 0.25) is 0 Å². The monoisotopic (exact) mass is 362 g/mol. The van der Waals surface area contributed by atoms with Crippen molar-refractivity contribution in [2.45, 2.75) is 5.37 Å². The van der Waals surface area contributed by atoms with Crippen LogP contribution in [0.25, 0.3) is 0 Å². The van der Waals surface area contributed by atoms with Crippen LogP contribution >= 0.6 is 11.8 Å². The number of methoxy groups -OCH3 is 2. The highest BCUT2D eigenvalue weighted by molar-refractivity contribution is 7.99. The van der Waals surface area contributed by atoms with Gasteiger partial charge in [0.1, 0.15) is 11.2 Å². The zero-order valence-corrected chi connectivity index (χ0v) is 14.8. The van der Waals surface area contributed by atoms with Crippen LogP contribution in [0.2, 0.25) is 0 Å². The first-order valence-electron chi connectivity index (χ1n) is 7.79. The molecular formula is C18H19FN2O3S. The Labute approximate surface area is 150 Å². The number of nitrogens with zero attached hydrogens (tertiary/aromatic N) is 1. The van der Waals surface area contributed by atoms with Gasteiger partial charge in [0.15, 0.2) is 11.5 Å². The number of benzene rings is 2. The van der Waals surface area contributed by atoms with Crippen LogP contribution in [0.15, 0.2) is 42.5 Å². The molecule has 2 aromatic carbocycles. The second kappa shape index (κ2) is 7.65. The Morgan fingerprint density at radius 1 is 1.20 bits per heavy atom. The van der Waals surface area contributed by atoms with E-state index in [1.165, 1.54) is 12.1 Å². The number of anilines is 1. The van der Waals surface area contributed by atoms with E-state index in [2.05, 4.69) is 5.32 Å². The van der Waals surface area contributed by atoms with Gasteiger partial charge in [-0.15, -0.1) is 11.8 Å². The van der Waals surface area contributed by atoms with Crippen molar-refractivity contribution in [3.8, 4) is 11.5 Å². The number of nitrogens with one attached hydrogen (secondary N) is 1. The normalized spacial score (nSPS) is 16.6. The van der Waals surface area contributed by atoms with E-state index in [1.807, 2.05) is 18.2 Å². The average Bonchev–Trinajstić information content (AvgIpc) is 3.11. The largest absolute Gasteiger partial charge is 0.493 e. The third kappa shape index (κ3) is 3.82. The molecule has 1 unspecified atom stereocenters. The number of thioether (sulfide) groups is 1. The zero-order valence-electron chi connectivity index (χ0n) is 14.0. The predicted molar refractivity (Wildman–Crippen MR) is 96.9 cm³/mol. The van der Waals surface area contributed by atoms with Gasteiger partial charge in [0.25, 0.3) is 0 Å². The van der Waals surface area contributed by atoms with E-state index in [-0.39, 0.29) is 17.2 Å². The second-order valence-corrected chi connectivity index (χ2v) is 6.66. The number of rotatable bonds is 4. The number of carbonyl (C=O) groups is 1. The quantitative estimate of drug-likeness (QED) is 0.889. The summed E-state index contributed by atoms with van der Waals surface area (Å²) in [5.74, 6) is 1.71. The summed E-state index contributed by atoms with van der Waals surface area (Å²) < 4.78 is 23.9. The van der Waals surface area contributed by atoms with Crippen LogP contribution < -0.4 is 14.8 Å². The van der Waals surface area contributed by atoms with Crippen molar-refractivity contribution in [1.82, 2.24) is 4.90 Å². The first-order chi connectivity index (χ1) is 12.1. The zero-order chi connectivity index (χ0) is 17.8. The van der Waals surface area contributed by atoms with Crippen molar-refractivity contribution in [1.29, 1.82) is 0 Å². The van der Waals surface area contributed by atoms with Crippen LogP contribution in [-0.2, 0) is 0 Å². The van der Waals surface area contributed by atoms with Crippen molar-refractivity contribution < 1.29 is 18.7 Å². The SMILES string of the molecule is COc1ccc(C2SCCN2C(=O)Nc2cccc(F)c2)cc1OC. The lowest BCUT2D eigenvalue weighted by Gasteiger charge is -2.25. The van der Waals surface area contributed by atoms with Gasteiger partial charge in [0.05, 0.1) is 14.2 Å². The molecule has 1 aliphatic rings. The first kappa shape index (κ1) is 17.4. The Morgan fingerprint density at radius 3 is 2.72 bits per heavy atom. The number of halogens is 1. The molecule has 25 heavy (non-hydrogen) atoms. The summed E-state index contributed by atoms with van der Waals surface area (Å²) in [5.41, 5.74) is 1.39. The molecule has 0 aromatic heterocycles. The average molecular weight is 362 g/mol. The molecule has 5 nitrogen and oxygen atoms in total. The number of hydrogen-bond donors (Lipinski definition) is 1. The minimum atomic E-state index is -0.384. The van der Waals surface area contributed by atoms with Gasteiger partial charge in [0, 0.05) is 18.0 Å². The molecule has 0 aliphatic carbocycles. The van der Waals surface area contributed by atoms with Gasteiger partial charge in [-0.25, -0.2) is 9.18 Å².